The highest BCUT2D eigenvalue weighted by Crippen LogP contribution is 2.21. The minimum Gasteiger partial charge on any atom is -0.494 e. The number of carbonyl (C=O) groups is 1. The number of hydrogen-bond donors (Lipinski definition) is 1. The zero-order chi connectivity index (χ0) is 27.6. The van der Waals surface area contributed by atoms with Crippen molar-refractivity contribution in [2.45, 2.75) is 45.1 Å². The van der Waals surface area contributed by atoms with Crippen molar-refractivity contribution in [1.82, 2.24) is 9.88 Å². The molecule has 0 aliphatic carbocycles. The number of benzene rings is 1. The molecule has 2 aromatic rings. The molecule has 0 radical (unpaired) electrons. The van der Waals surface area contributed by atoms with Crippen LogP contribution in [0, 0.1) is 11.3 Å². The lowest BCUT2D eigenvalue weighted by Gasteiger charge is -2.24. The van der Waals surface area contributed by atoms with E-state index in [0.29, 0.717) is 30.2 Å². The molecule has 1 N–H and O–H groups in total. The van der Waals surface area contributed by atoms with Crippen LogP contribution in [-0.2, 0) is 9.47 Å². The Labute approximate surface area is 230 Å². The van der Waals surface area contributed by atoms with Crippen LogP contribution >= 0.6 is 0 Å². The van der Waals surface area contributed by atoms with Crippen molar-refractivity contribution in [1.29, 1.82) is 5.26 Å². The molecular weight excluding hydrogens is 488 g/mol. The third kappa shape index (κ3) is 7.04. The summed E-state index contributed by atoms with van der Waals surface area (Å²) in [6, 6.07) is 11.9. The van der Waals surface area contributed by atoms with Gasteiger partial charge in [0.25, 0.3) is 5.91 Å². The highest BCUT2D eigenvalue weighted by molar-refractivity contribution is 5.94. The summed E-state index contributed by atoms with van der Waals surface area (Å²) in [5.41, 5.74) is 4.02. The van der Waals surface area contributed by atoms with E-state index in [1.54, 1.807) is 12.3 Å². The second kappa shape index (κ2) is 13.6. The molecule has 4 rings (SSSR count). The van der Waals surface area contributed by atoms with Crippen molar-refractivity contribution < 1.29 is 14.3 Å². The lowest BCUT2D eigenvalue weighted by molar-refractivity contribution is -0.00475. The van der Waals surface area contributed by atoms with E-state index in [1.165, 1.54) is 0 Å². The number of rotatable bonds is 9. The number of nitriles is 1. The fraction of sp³-hybridized carbons (Fsp3) is 0.344. The van der Waals surface area contributed by atoms with Gasteiger partial charge in [-0.3, -0.25) is 9.79 Å². The molecule has 202 valence electrons. The van der Waals surface area contributed by atoms with E-state index in [1.807, 2.05) is 54.3 Å². The van der Waals surface area contributed by atoms with Crippen molar-refractivity contribution in [3.05, 3.63) is 82.6 Å². The summed E-state index contributed by atoms with van der Waals surface area (Å²) in [7, 11) is 0. The number of likely N-dealkylation sites (tertiary alicyclic amines) is 1. The Bertz CT molecular complexity index is 1410. The SMILES string of the molecule is C=CC(=C\C=C(/CC#N)OC1CCOCC1)/C(N=CC)=c1\cc(-c2ccc(C(=O)N3CCCC3)cc2)[nH]c1=C. The van der Waals surface area contributed by atoms with Gasteiger partial charge >= 0.3 is 0 Å². The van der Waals surface area contributed by atoms with Gasteiger partial charge < -0.3 is 19.4 Å². The molecule has 1 aromatic heterocycles. The molecule has 3 heterocycles. The topological polar surface area (TPSA) is 90.7 Å². The van der Waals surface area contributed by atoms with E-state index < -0.39 is 0 Å². The highest BCUT2D eigenvalue weighted by atomic mass is 16.5. The number of aromatic amines is 1. The first-order valence-corrected chi connectivity index (χ1v) is 13.5. The maximum Gasteiger partial charge on any atom is 0.253 e. The summed E-state index contributed by atoms with van der Waals surface area (Å²) in [5, 5.41) is 10.9. The number of nitrogens with one attached hydrogen (secondary N) is 1. The summed E-state index contributed by atoms with van der Waals surface area (Å²) in [4.78, 5) is 22.6. The van der Waals surface area contributed by atoms with E-state index >= 15 is 0 Å². The Hall–Kier alpha value is -4.15. The van der Waals surface area contributed by atoms with Gasteiger partial charge in [0.05, 0.1) is 31.4 Å². The Morgan fingerprint density at radius 1 is 1.23 bits per heavy atom. The third-order valence-electron chi connectivity index (χ3n) is 6.93. The van der Waals surface area contributed by atoms with E-state index in [9.17, 15) is 10.1 Å². The predicted molar refractivity (Wildman–Crippen MR) is 155 cm³/mol. The summed E-state index contributed by atoms with van der Waals surface area (Å²) in [6.07, 6.45) is 11.2. The number of H-pyrrole nitrogens is 1. The number of carbonyl (C=O) groups excluding carboxylic acids is 1. The van der Waals surface area contributed by atoms with Gasteiger partial charge in [-0.25, -0.2) is 0 Å². The van der Waals surface area contributed by atoms with Crippen LogP contribution in [0.2, 0.25) is 0 Å². The Kier molecular flexibility index (Phi) is 9.71. The fourth-order valence-corrected chi connectivity index (χ4v) is 4.84. The first kappa shape index (κ1) is 27.9. The molecule has 2 saturated heterocycles. The van der Waals surface area contributed by atoms with Crippen LogP contribution in [0.5, 0.6) is 0 Å². The summed E-state index contributed by atoms with van der Waals surface area (Å²) in [5.74, 6) is 0.694. The molecule has 2 aliphatic heterocycles. The lowest BCUT2D eigenvalue weighted by atomic mass is 10.1. The number of aromatic nitrogens is 1. The number of hydrogen-bond acceptors (Lipinski definition) is 5. The molecule has 0 saturated carbocycles. The van der Waals surface area contributed by atoms with Gasteiger partial charge in [-0.1, -0.05) is 31.4 Å². The minimum absolute atomic E-state index is 0.0479. The van der Waals surface area contributed by atoms with E-state index in [0.717, 1.165) is 66.2 Å². The number of amides is 1. The van der Waals surface area contributed by atoms with Gasteiger partial charge in [0.1, 0.15) is 11.9 Å². The molecule has 39 heavy (non-hydrogen) atoms. The third-order valence-corrected chi connectivity index (χ3v) is 6.93. The van der Waals surface area contributed by atoms with Crippen molar-refractivity contribution in [2.75, 3.05) is 26.3 Å². The van der Waals surface area contributed by atoms with Crippen LogP contribution in [0.25, 0.3) is 23.5 Å². The first-order chi connectivity index (χ1) is 19.0. The average molecular weight is 525 g/mol. The smallest absolute Gasteiger partial charge is 0.253 e. The van der Waals surface area contributed by atoms with E-state index in [2.05, 4.69) is 29.2 Å². The molecule has 1 aromatic carbocycles. The van der Waals surface area contributed by atoms with Crippen LogP contribution in [0.4, 0.5) is 0 Å². The molecule has 0 spiro atoms. The van der Waals surface area contributed by atoms with Crippen LogP contribution in [-0.4, -0.2) is 54.4 Å². The largest absolute Gasteiger partial charge is 0.494 e. The minimum atomic E-state index is 0.0479. The van der Waals surface area contributed by atoms with Gasteiger partial charge in [-0.2, -0.15) is 5.26 Å². The summed E-state index contributed by atoms with van der Waals surface area (Å²) >= 11 is 0. The number of allylic oxidation sites excluding steroid dienone is 3. The molecule has 2 fully saturated rings. The van der Waals surface area contributed by atoms with Crippen molar-refractivity contribution >= 4 is 24.4 Å². The maximum absolute atomic E-state index is 12.7. The highest BCUT2D eigenvalue weighted by Gasteiger charge is 2.19. The van der Waals surface area contributed by atoms with Gasteiger partial charge in [0, 0.05) is 59.5 Å². The molecule has 0 atom stereocenters. The maximum atomic E-state index is 12.7. The molecule has 7 heteroatoms. The first-order valence-electron chi connectivity index (χ1n) is 13.5. The summed E-state index contributed by atoms with van der Waals surface area (Å²) < 4.78 is 11.5. The van der Waals surface area contributed by atoms with Crippen LogP contribution in [0.1, 0.15) is 49.4 Å². The molecular formula is C32H36N4O3. The Morgan fingerprint density at radius 2 is 1.95 bits per heavy atom. The van der Waals surface area contributed by atoms with Crippen LogP contribution in [0.15, 0.2) is 71.5 Å². The number of ether oxygens (including phenoxy) is 2. The van der Waals surface area contributed by atoms with Gasteiger partial charge in [0.15, 0.2) is 0 Å². The zero-order valence-electron chi connectivity index (χ0n) is 22.6. The van der Waals surface area contributed by atoms with Gasteiger partial charge in [-0.05, 0) is 55.7 Å². The van der Waals surface area contributed by atoms with Crippen molar-refractivity contribution in [3.8, 4) is 17.3 Å². The Balaban J connectivity index is 1.64. The molecule has 0 unspecified atom stereocenters. The number of aliphatic imine (C=N–C) groups is 1. The van der Waals surface area contributed by atoms with Crippen molar-refractivity contribution in [3.63, 3.8) is 0 Å². The number of nitrogens with zero attached hydrogens (tertiary/aromatic N) is 3. The van der Waals surface area contributed by atoms with Crippen molar-refractivity contribution in [2.24, 2.45) is 4.99 Å². The zero-order valence-corrected chi connectivity index (χ0v) is 22.6. The molecule has 1 amide bonds. The van der Waals surface area contributed by atoms with E-state index in [-0.39, 0.29) is 18.4 Å². The van der Waals surface area contributed by atoms with Crippen LogP contribution in [0.3, 0.4) is 0 Å². The fourth-order valence-electron chi connectivity index (χ4n) is 4.84. The quantitative estimate of drug-likeness (QED) is 0.294. The normalized spacial score (nSPS) is 17.8. The molecule has 2 aliphatic rings. The second-order valence-electron chi connectivity index (χ2n) is 9.61. The van der Waals surface area contributed by atoms with Crippen LogP contribution < -0.4 is 10.6 Å². The van der Waals surface area contributed by atoms with E-state index in [4.69, 9.17) is 9.47 Å². The monoisotopic (exact) mass is 524 g/mol. The lowest BCUT2D eigenvalue weighted by Crippen LogP contribution is -2.27. The van der Waals surface area contributed by atoms with Gasteiger partial charge in [-0.15, -0.1) is 0 Å². The Morgan fingerprint density at radius 3 is 2.59 bits per heavy atom. The average Bonchev–Trinajstić information content (AvgIpc) is 3.63. The summed E-state index contributed by atoms with van der Waals surface area (Å²) in [6.45, 7) is 13.1. The molecule has 0 bridgehead atoms. The van der Waals surface area contributed by atoms with Gasteiger partial charge in [0.2, 0.25) is 0 Å². The predicted octanol–water partition coefficient (Wildman–Crippen LogP) is 4.63. The standard InChI is InChI=1S/C32H36N4O3/c1-4-24(12-13-27(14-17-33)39-28-15-20-38-21-16-28)31(34-5-2)29-22-30(35-23(29)3)25-8-10-26(11-9-25)32(37)36-18-6-7-19-36/h4-5,8-13,22,28,35H,1,3,6-7,14-16,18-21H2,2H3/b24-12+,27-13+,31-29-,34-5?. The second-order valence-corrected chi connectivity index (χ2v) is 9.61. The molecule has 7 nitrogen and oxygen atoms in total.